The summed E-state index contributed by atoms with van der Waals surface area (Å²) in [7, 11) is 0. The van der Waals surface area contributed by atoms with Crippen LogP contribution in [0.4, 0.5) is 0 Å². The van der Waals surface area contributed by atoms with Crippen LogP contribution in [0, 0.1) is 5.92 Å². The molecule has 3 rings (SSSR count). The van der Waals surface area contributed by atoms with Gasteiger partial charge in [0.15, 0.2) is 0 Å². The number of hydrogen-bond acceptors (Lipinski definition) is 2. The van der Waals surface area contributed by atoms with Crippen LogP contribution < -0.4 is 4.74 Å². The van der Waals surface area contributed by atoms with Gasteiger partial charge in [0.25, 0.3) is 0 Å². The number of rotatable bonds is 2. The van der Waals surface area contributed by atoms with Crippen LogP contribution in [-0.2, 0) is 11.2 Å². The van der Waals surface area contributed by atoms with Crippen molar-refractivity contribution in [3.63, 3.8) is 0 Å². The first-order chi connectivity index (χ1) is 8.25. The van der Waals surface area contributed by atoms with Crippen molar-refractivity contribution < 1.29 is 14.6 Å². The van der Waals surface area contributed by atoms with E-state index in [1.54, 1.807) is 0 Å². The fourth-order valence-corrected chi connectivity index (χ4v) is 3.09. The minimum Gasteiger partial charge on any atom is -0.493 e. The Morgan fingerprint density at radius 2 is 2.24 bits per heavy atom. The molecule has 1 heterocycles. The summed E-state index contributed by atoms with van der Waals surface area (Å²) in [6, 6.07) is 6.18. The second-order valence-electron chi connectivity index (χ2n) is 4.95. The second kappa shape index (κ2) is 4.06. The lowest BCUT2D eigenvalue weighted by Gasteiger charge is -2.16. The van der Waals surface area contributed by atoms with E-state index in [1.807, 2.05) is 12.1 Å². The average molecular weight is 232 g/mol. The molecule has 2 aliphatic rings. The average Bonchev–Trinajstić information content (AvgIpc) is 2.96. The van der Waals surface area contributed by atoms with Crippen LogP contribution in [0.25, 0.3) is 0 Å². The molecule has 3 heteroatoms. The number of carbonyl (C=O) groups is 1. The molecule has 2 unspecified atom stereocenters. The predicted octanol–water partition coefficient (Wildman–Crippen LogP) is 2.59. The van der Waals surface area contributed by atoms with E-state index < -0.39 is 5.97 Å². The molecule has 1 aliphatic carbocycles. The maximum Gasteiger partial charge on any atom is 0.307 e. The summed E-state index contributed by atoms with van der Waals surface area (Å²) in [6.07, 6.45) is 3.78. The van der Waals surface area contributed by atoms with Crippen molar-refractivity contribution in [2.75, 3.05) is 6.61 Å². The molecular weight excluding hydrogens is 216 g/mol. The largest absolute Gasteiger partial charge is 0.493 e. The van der Waals surface area contributed by atoms with Crippen molar-refractivity contribution in [2.45, 2.75) is 31.6 Å². The van der Waals surface area contributed by atoms with Gasteiger partial charge in [-0.05, 0) is 36.0 Å². The quantitative estimate of drug-likeness (QED) is 0.852. The highest BCUT2D eigenvalue weighted by Crippen LogP contribution is 2.41. The smallest absolute Gasteiger partial charge is 0.307 e. The van der Waals surface area contributed by atoms with Crippen LogP contribution >= 0.6 is 0 Å². The van der Waals surface area contributed by atoms with Gasteiger partial charge in [0.2, 0.25) is 0 Å². The Morgan fingerprint density at radius 1 is 1.35 bits per heavy atom. The number of carboxylic acids is 1. The van der Waals surface area contributed by atoms with Crippen LogP contribution in [0.2, 0.25) is 0 Å². The number of benzene rings is 1. The molecule has 17 heavy (non-hydrogen) atoms. The molecule has 1 fully saturated rings. The second-order valence-corrected chi connectivity index (χ2v) is 4.95. The Balaban J connectivity index is 1.91. The van der Waals surface area contributed by atoms with Gasteiger partial charge in [0, 0.05) is 6.42 Å². The summed E-state index contributed by atoms with van der Waals surface area (Å²) in [5, 5.41) is 9.21. The van der Waals surface area contributed by atoms with Gasteiger partial charge >= 0.3 is 5.97 Å². The van der Waals surface area contributed by atoms with Crippen molar-refractivity contribution >= 4 is 5.97 Å². The number of fused-ring (bicyclic) bond motifs is 1. The van der Waals surface area contributed by atoms with Gasteiger partial charge in [-0.25, -0.2) is 0 Å². The lowest BCUT2D eigenvalue weighted by molar-refractivity contribution is -0.142. The first-order valence-electron chi connectivity index (χ1n) is 6.24. The van der Waals surface area contributed by atoms with E-state index in [9.17, 15) is 9.90 Å². The maximum atomic E-state index is 11.2. The van der Waals surface area contributed by atoms with E-state index in [1.165, 1.54) is 11.1 Å². The Morgan fingerprint density at radius 3 is 3.06 bits per heavy atom. The molecule has 3 nitrogen and oxygen atoms in total. The molecule has 0 saturated heterocycles. The molecule has 0 aromatic heterocycles. The van der Waals surface area contributed by atoms with Gasteiger partial charge in [-0.3, -0.25) is 4.79 Å². The molecule has 1 saturated carbocycles. The van der Waals surface area contributed by atoms with Crippen LogP contribution in [0.5, 0.6) is 5.75 Å². The van der Waals surface area contributed by atoms with Crippen molar-refractivity contribution in [3.8, 4) is 5.75 Å². The van der Waals surface area contributed by atoms with Gasteiger partial charge in [-0.2, -0.15) is 0 Å². The maximum absolute atomic E-state index is 11.2. The first kappa shape index (κ1) is 10.6. The van der Waals surface area contributed by atoms with Crippen molar-refractivity contribution in [1.82, 2.24) is 0 Å². The molecule has 0 spiro atoms. The fraction of sp³-hybridized carbons (Fsp3) is 0.500. The van der Waals surface area contributed by atoms with E-state index in [2.05, 4.69) is 6.07 Å². The highest BCUT2D eigenvalue weighted by atomic mass is 16.5. The number of hydrogen-bond donors (Lipinski definition) is 1. The molecule has 90 valence electrons. The Kier molecular flexibility index (Phi) is 2.54. The van der Waals surface area contributed by atoms with E-state index in [0.717, 1.165) is 38.0 Å². The summed E-state index contributed by atoms with van der Waals surface area (Å²) >= 11 is 0. The van der Waals surface area contributed by atoms with Gasteiger partial charge in [0.1, 0.15) is 5.75 Å². The predicted molar refractivity (Wildman–Crippen MR) is 63.4 cm³/mol. The van der Waals surface area contributed by atoms with Gasteiger partial charge in [-0.1, -0.05) is 18.6 Å². The molecule has 1 aromatic carbocycles. The monoisotopic (exact) mass is 232 g/mol. The third kappa shape index (κ3) is 1.79. The highest BCUT2D eigenvalue weighted by Gasteiger charge is 2.34. The number of ether oxygens (including phenoxy) is 1. The van der Waals surface area contributed by atoms with Crippen molar-refractivity contribution in [3.05, 3.63) is 29.3 Å². The van der Waals surface area contributed by atoms with Crippen molar-refractivity contribution in [1.29, 1.82) is 0 Å². The molecule has 0 bridgehead atoms. The van der Waals surface area contributed by atoms with E-state index in [0.29, 0.717) is 0 Å². The number of carboxylic acid groups (broad SMARTS) is 1. The summed E-state index contributed by atoms with van der Waals surface area (Å²) < 4.78 is 5.47. The molecule has 0 amide bonds. The summed E-state index contributed by atoms with van der Waals surface area (Å²) in [5.41, 5.74) is 2.41. The molecule has 0 radical (unpaired) electrons. The zero-order chi connectivity index (χ0) is 11.8. The van der Waals surface area contributed by atoms with Crippen LogP contribution in [0.1, 0.15) is 36.3 Å². The van der Waals surface area contributed by atoms with Gasteiger partial charge < -0.3 is 9.84 Å². The van der Waals surface area contributed by atoms with Crippen LogP contribution in [0.3, 0.4) is 0 Å². The van der Waals surface area contributed by atoms with Gasteiger partial charge in [0.05, 0.1) is 12.5 Å². The minimum atomic E-state index is -0.649. The summed E-state index contributed by atoms with van der Waals surface area (Å²) in [4.78, 5) is 11.2. The minimum absolute atomic E-state index is 0.193. The zero-order valence-electron chi connectivity index (χ0n) is 9.69. The lowest BCUT2D eigenvalue weighted by Crippen LogP contribution is -2.16. The number of aliphatic carboxylic acids is 1. The van der Waals surface area contributed by atoms with E-state index in [4.69, 9.17) is 4.74 Å². The van der Waals surface area contributed by atoms with Gasteiger partial charge in [-0.15, -0.1) is 0 Å². The molecular formula is C14H16O3. The molecule has 1 aliphatic heterocycles. The molecule has 2 atom stereocenters. The fourth-order valence-electron chi connectivity index (χ4n) is 3.09. The van der Waals surface area contributed by atoms with Crippen LogP contribution in [-0.4, -0.2) is 17.7 Å². The van der Waals surface area contributed by atoms with Crippen molar-refractivity contribution in [2.24, 2.45) is 5.92 Å². The van der Waals surface area contributed by atoms with Crippen LogP contribution in [0.15, 0.2) is 18.2 Å². The summed E-state index contributed by atoms with van der Waals surface area (Å²) in [6.45, 7) is 0.756. The highest BCUT2D eigenvalue weighted by molar-refractivity contribution is 5.72. The Bertz CT molecular complexity index is 453. The van der Waals surface area contributed by atoms with E-state index in [-0.39, 0.29) is 11.8 Å². The zero-order valence-corrected chi connectivity index (χ0v) is 9.69. The summed E-state index contributed by atoms with van der Waals surface area (Å²) in [5.74, 6) is 0.316. The standard InChI is InChI=1S/C14H16O3/c15-14(16)12-3-1-2-11(12)9-4-5-13-10(8-9)6-7-17-13/h4-5,8,11-12H,1-3,6-7H2,(H,15,16). The molecule has 1 N–H and O–H groups in total. The molecule has 1 aromatic rings. The normalized spacial score (nSPS) is 26.6. The Hall–Kier alpha value is -1.51. The topological polar surface area (TPSA) is 46.5 Å². The lowest BCUT2D eigenvalue weighted by atomic mass is 9.88. The van der Waals surface area contributed by atoms with E-state index >= 15 is 0 Å². The third-order valence-corrected chi connectivity index (χ3v) is 3.97. The Labute approximate surface area is 100 Å². The SMILES string of the molecule is O=C(O)C1CCCC1c1ccc2c(c1)CCO2. The third-order valence-electron chi connectivity index (χ3n) is 3.97. The first-order valence-corrected chi connectivity index (χ1v) is 6.24.